The number of nitrogens with zero attached hydrogens (tertiary/aromatic N) is 1. The number of nitrogens with one attached hydrogen (secondary N) is 1. The van der Waals surface area contributed by atoms with Crippen molar-refractivity contribution < 1.29 is 9.53 Å². The number of likely N-dealkylation sites (N-methyl/N-ethyl adjacent to an activating group) is 1. The van der Waals surface area contributed by atoms with Gasteiger partial charge in [-0.25, -0.2) is 4.79 Å². The summed E-state index contributed by atoms with van der Waals surface area (Å²) in [6.45, 7) is 4.29. The molecular formula is C17H24N2O2. The van der Waals surface area contributed by atoms with Gasteiger partial charge in [-0.05, 0) is 43.7 Å². The van der Waals surface area contributed by atoms with E-state index in [0.717, 1.165) is 38.8 Å². The molecule has 0 spiro atoms. The molecule has 2 amide bonds. The van der Waals surface area contributed by atoms with Crippen molar-refractivity contribution in [3.63, 3.8) is 0 Å². The molecule has 1 heterocycles. The summed E-state index contributed by atoms with van der Waals surface area (Å²) in [4.78, 5) is 14.4. The molecule has 1 aliphatic carbocycles. The van der Waals surface area contributed by atoms with E-state index in [4.69, 9.17) is 4.74 Å². The topological polar surface area (TPSA) is 41.6 Å². The van der Waals surface area contributed by atoms with E-state index in [1.807, 2.05) is 17.9 Å². The van der Waals surface area contributed by atoms with Gasteiger partial charge in [-0.1, -0.05) is 24.3 Å². The third-order valence-electron chi connectivity index (χ3n) is 4.55. The highest BCUT2D eigenvalue weighted by atomic mass is 16.5. The average molecular weight is 288 g/mol. The first-order valence-corrected chi connectivity index (χ1v) is 8.02. The fraction of sp³-hybridized carbons (Fsp3) is 0.588. The molecule has 4 heteroatoms. The van der Waals surface area contributed by atoms with Gasteiger partial charge >= 0.3 is 6.03 Å². The predicted molar refractivity (Wildman–Crippen MR) is 82.3 cm³/mol. The summed E-state index contributed by atoms with van der Waals surface area (Å²) in [7, 11) is 0. The van der Waals surface area contributed by atoms with Crippen molar-refractivity contribution in [2.24, 2.45) is 0 Å². The third kappa shape index (κ3) is 3.21. The van der Waals surface area contributed by atoms with Gasteiger partial charge in [0.1, 0.15) is 0 Å². The minimum absolute atomic E-state index is 0.0368. The van der Waals surface area contributed by atoms with Gasteiger partial charge < -0.3 is 15.0 Å². The largest absolute Gasteiger partial charge is 0.376 e. The lowest BCUT2D eigenvalue weighted by molar-refractivity contribution is 0.0821. The molecule has 1 N–H and O–H groups in total. The lowest BCUT2D eigenvalue weighted by Crippen LogP contribution is -2.44. The van der Waals surface area contributed by atoms with Crippen LogP contribution < -0.4 is 5.32 Å². The van der Waals surface area contributed by atoms with E-state index in [1.54, 1.807) is 0 Å². The minimum Gasteiger partial charge on any atom is -0.376 e. The minimum atomic E-state index is 0.0368. The van der Waals surface area contributed by atoms with Gasteiger partial charge in [0.05, 0.1) is 12.1 Å². The summed E-state index contributed by atoms with van der Waals surface area (Å²) < 4.78 is 5.64. The molecule has 4 nitrogen and oxygen atoms in total. The lowest BCUT2D eigenvalue weighted by atomic mass is 10.1. The SMILES string of the molecule is CCN(C[C@@H]1CCCO1)C(=O)N[C@H]1CCc2ccccc21. The molecule has 1 fully saturated rings. The van der Waals surface area contributed by atoms with Crippen LogP contribution in [0.4, 0.5) is 4.79 Å². The zero-order valence-electron chi connectivity index (χ0n) is 12.7. The first-order valence-electron chi connectivity index (χ1n) is 8.02. The number of benzene rings is 1. The monoisotopic (exact) mass is 288 g/mol. The highest BCUT2D eigenvalue weighted by Gasteiger charge is 2.26. The standard InChI is InChI=1S/C17H24N2O2/c1-2-19(12-14-7-5-11-21-14)17(20)18-16-10-9-13-6-3-4-8-15(13)16/h3-4,6,8,14,16H,2,5,7,9-12H2,1H3,(H,18,20)/t14-,16-/m0/s1. The number of rotatable bonds is 4. The van der Waals surface area contributed by atoms with Crippen LogP contribution in [0.2, 0.25) is 0 Å². The van der Waals surface area contributed by atoms with E-state index in [2.05, 4.69) is 23.5 Å². The molecule has 1 saturated heterocycles. The van der Waals surface area contributed by atoms with Gasteiger partial charge in [-0.3, -0.25) is 0 Å². The molecule has 2 atom stereocenters. The number of aryl methyl sites for hydroxylation is 1. The van der Waals surface area contributed by atoms with Crippen LogP contribution in [0.1, 0.15) is 43.4 Å². The van der Waals surface area contributed by atoms with Gasteiger partial charge in [-0.2, -0.15) is 0 Å². The Bertz CT molecular complexity index is 497. The van der Waals surface area contributed by atoms with Crippen molar-refractivity contribution in [3.8, 4) is 0 Å². The third-order valence-corrected chi connectivity index (χ3v) is 4.55. The molecule has 0 bridgehead atoms. The van der Waals surface area contributed by atoms with Gasteiger partial charge in [0.25, 0.3) is 0 Å². The summed E-state index contributed by atoms with van der Waals surface area (Å²) in [5.74, 6) is 0. The Labute approximate surface area is 126 Å². The van der Waals surface area contributed by atoms with Crippen molar-refractivity contribution in [3.05, 3.63) is 35.4 Å². The Kier molecular flexibility index (Phi) is 4.44. The van der Waals surface area contributed by atoms with Crippen LogP contribution in [0, 0.1) is 0 Å². The number of fused-ring (bicyclic) bond motifs is 1. The van der Waals surface area contributed by atoms with Crippen molar-refractivity contribution in [1.29, 1.82) is 0 Å². The van der Waals surface area contributed by atoms with Crippen LogP contribution in [-0.2, 0) is 11.2 Å². The van der Waals surface area contributed by atoms with E-state index < -0.39 is 0 Å². The quantitative estimate of drug-likeness (QED) is 0.925. The Morgan fingerprint density at radius 1 is 1.38 bits per heavy atom. The molecule has 0 unspecified atom stereocenters. The maximum absolute atomic E-state index is 12.5. The Morgan fingerprint density at radius 2 is 2.24 bits per heavy atom. The van der Waals surface area contributed by atoms with Crippen LogP contribution in [-0.4, -0.2) is 36.7 Å². The highest BCUT2D eigenvalue weighted by molar-refractivity contribution is 5.75. The average Bonchev–Trinajstić information content (AvgIpc) is 3.15. The fourth-order valence-electron chi connectivity index (χ4n) is 3.34. The summed E-state index contributed by atoms with van der Waals surface area (Å²) in [6, 6.07) is 8.60. The molecule has 1 aromatic carbocycles. The van der Waals surface area contributed by atoms with E-state index in [9.17, 15) is 4.79 Å². The maximum Gasteiger partial charge on any atom is 0.317 e. The maximum atomic E-state index is 12.5. The van der Waals surface area contributed by atoms with Crippen LogP contribution >= 0.6 is 0 Å². The van der Waals surface area contributed by atoms with E-state index in [-0.39, 0.29) is 18.2 Å². The molecule has 0 aromatic heterocycles. The number of hydrogen-bond acceptors (Lipinski definition) is 2. The molecule has 0 saturated carbocycles. The van der Waals surface area contributed by atoms with Crippen molar-refractivity contribution in [1.82, 2.24) is 10.2 Å². The summed E-state index contributed by atoms with van der Waals surface area (Å²) in [6.07, 6.45) is 4.45. The molecule has 0 radical (unpaired) electrons. The second-order valence-electron chi connectivity index (χ2n) is 5.91. The number of hydrogen-bond donors (Lipinski definition) is 1. The first-order chi connectivity index (χ1) is 10.3. The molecule has 114 valence electrons. The molecule has 21 heavy (non-hydrogen) atoms. The van der Waals surface area contributed by atoms with Crippen molar-refractivity contribution in [2.45, 2.75) is 44.8 Å². The van der Waals surface area contributed by atoms with Crippen LogP contribution in [0.15, 0.2) is 24.3 Å². The van der Waals surface area contributed by atoms with Gasteiger partial charge in [0.15, 0.2) is 0 Å². The molecule has 1 aliphatic heterocycles. The Hall–Kier alpha value is -1.55. The van der Waals surface area contributed by atoms with E-state index in [1.165, 1.54) is 11.1 Å². The number of ether oxygens (including phenoxy) is 1. The number of amides is 2. The molecule has 2 aliphatic rings. The van der Waals surface area contributed by atoms with E-state index >= 15 is 0 Å². The van der Waals surface area contributed by atoms with Crippen LogP contribution in [0.5, 0.6) is 0 Å². The second kappa shape index (κ2) is 6.48. The zero-order chi connectivity index (χ0) is 14.7. The molecule has 1 aromatic rings. The molecular weight excluding hydrogens is 264 g/mol. The van der Waals surface area contributed by atoms with E-state index in [0.29, 0.717) is 6.54 Å². The van der Waals surface area contributed by atoms with Crippen molar-refractivity contribution in [2.75, 3.05) is 19.7 Å². The highest BCUT2D eigenvalue weighted by Crippen LogP contribution is 2.30. The Balaban J connectivity index is 1.60. The lowest BCUT2D eigenvalue weighted by Gasteiger charge is -2.26. The van der Waals surface area contributed by atoms with Crippen molar-refractivity contribution >= 4 is 6.03 Å². The predicted octanol–water partition coefficient (Wildman–Crippen LogP) is 2.88. The summed E-state index contributed by atoms with van der Waals surface area (Å²) in [5, 5.41) is 3.19. The van der Waals surface area contributed by atoms with Gasteiger partial charge in [-0.15, -0.1) is 0 Å². The zero-order valence-corrected chi connectivity index (χ0v) is 12.7. The fourth-order valence-corrected chi connectivity index (χ4v) is 3.34. The van der Waals surface area contributed by atoms with Gasteiger partial charge in [0, 0.05) is 19.7 Å². The number of carbonyl (C=O) groups is 1. The second-order valence-corrected chi connectivity index (χ2v) is 5.91. The first kappa shape index (κ1) is 14.4. The number of carbonyl (C=O) groups excluding carboxylic acids is 1. The van der Waals surface area contributed by atoms with Crippen LogP contribution in [0.3, 0.4) is 0 Å². The smallest absolute Gasteiger partial charge is 0.317 e. The molecule has 3 rings (SSSR count). The van der Waals surface area contributed by atoms with Gasteiger partial charge in [0.2, 0.25) is 0 Å². The normalized spacial score (nSPS) is 23.9. The summed E-state index contributed by atoms with van der Waals surface area (Å²) >= 11 is 0. The Morgan fingerprint density at radius 3 is 3.00 bits per heavy atom. The number of urea groups is 1. The summed E-state index contributed by atoms with van der Waals surface area (Å²) in [5.41, 5.74) is 2.64. The van der Waals surface area contributed by atoms with Crippen LogP contribution in [0.25, 0.3) is 0 Å².